The maximum Gasteiger partial charge on any atom is 0.573 e. The third-order valence-corrected chi connectivity index (χ3v) is 8.62. The van der Waals surface area contributed by atoms with Gasteiger partial charge >= 0.3 is 12.3 Å². The van der Waals surface area contributed by atoms with Crippen LogP contribution in [0.3, 0.4) is 0 Å². The van der Waals surface area contributed by atoms with Gasteiger partial charge in [0.1, 0.15) is 17.2 Å². The molecule has 1 aliphatic carbocycles. The third kappa shape index (κ3) is 4.87. The Balaban J connectivity index is 1.11. The van der Waals surface area contributed by atoms with Crippen molar-refractivity contribution in [3.8, 4) is 17.0 Å². The summed E-state index contributed by atoms with van der Waals surface area (Å²) in [6.07, 6.45) is 0.545. The van der Waals surface area contributed by atoms with Crippen LogP contribution in [0.4, 0.5) is 18.9 Å². The summed E-state index contributed by atoms with van der Waals surface area (Å²) in [5.41, 5.74) is 2.98. The van der Waals surface area contributed by atoms with Crippen LogP contribution in [0.2, 0.25) is 0 Å². The maximum absolute atomic E-state index is 13.1. The van der Waals surface area contributed by atoms with E-state index in [1.807, 2.05) is 18.2 Å². The number of carboxylic acid groups (broad SMARTS) is 1. The second kappa shape index (κ2) is 10.0. The molecule has 42 heavy (non-hydrogen) atoms. The van der Waals surface area contributed by atoms with Crippen molar-refractivity contribution >= 4 is 22.6 Å². The average Bonchev–Trinajstić information content (AvgIpc) is 3.54. The Hall–Kier alpha value is -4.06. The third-order valence-electron chi connectivity index (χ3n) is 8.62. The van der Waals surface area contributed by atoms with E-state index in [0.29, 0.717) is 22.4 Å². The monoisotopic (exact) mass is 582 g/mol. The van der Waals surface area contributed by atoms with Crippen LogP contribution >= 0.6 is 0 Å². The van der Waals surface area contributed by atoms with E-state index in [2.05, 4.69) is 19.9 Å². The number of aromatic carboxylic acids is 1. The van der Waals surface area contributed by atoms with Gasteiger partial charge in [-0.25, -0.2) is 4.79 Å². The highest BCUT2D eigenvalue weighted by Gasteiger charge is 2.42. The summed E-state index contributed by atoms with van der Waals surface area (Å²) in [6.45, 7) is 0.179. The van der Waals surface area contributed by atoms with Crippen LogP contribution in [0.15, 0.2) is 47.0 Å². The number of rotatable bonds is 8. The first-order valence-electron chi connectivity index (χ1n) is 14.1. The molecular weight excluding hydrogens is 553 g/mol. The highest BCUT2D eigenvalue weighted by molar-refractivity contribution is 6.02. The molecule has 4 aromatic rings. The molecule has 2 atom stereocenters. The summed E-state index contributed by atoms with van der Waals surface area (Å²) in [5.74, 6) is -0.521. The van der Waals surface area contributed by atoms with Gasteiger partial charge in [-0.1, -0.05) is 17.3 Å². The highest BCUT2D eigenvalue weighted by atomic mass is 19.4. The number of hydrogen-bond donors (Lipinski definition) is 1. The van der Waals surface area contributed by atoms with Gasteiger partial charge in [-0.2, -0.15) is 5.10 Å². The fraction of sp³-hybridized carbons (Fsp3) is 0.433. The minimum atomic E-state index is -4.83. The number of para-hydroxylation sites is 1. The minimum Gasteiger partial charge on any atom is -0.476 e. The molecule has 2 bridgehead atoms. The highest BCUT2D eigenvalue weighted by Crippen LogP contribution is 2.47. The summed E-state index contributed by atoms with van der Waals surface area (Å²) in [5, 5.41) is 18.6. The first kappa shape index (κ1) is 26.8. The van der Waals surface area contributed by atoms with Crippen LogP contribution in [0.25, 0.3) is 22.2 Å². The summed E-state index contributed by atoms with van der Waals surface area (Å²) in [7, 11) is 1.73. The number of halogens is 3. The second-order valence-corrected chi connectivity index (χ2v) is 11.4. The zero-order valence-electron chi connectivity index (χ0n) is 22.8. The van der Waals surface area contributed by atoms with E-state index in [0.717, 1.165) is 49.7 Å². The Kier molecular flexibility index (Phi) is 6.41. The van der Waals surface area contributed by atoms with Gasteiger partial charge in [0, 0.05) is 47.2 Å². The summed E-state index contributed by atoms with van der Waals surface area (Å²) < 4.78 is 57.3. The number of aryl methyl sites for hydroxylation is 1. The number of hydrogen-bond acceptors (Lipinski definition) is 7. The van der Waals surface area contributed by atoms with E-state index in [-0.39, 0.29) is 47.7 Å². The zero-order valence-corrected chi connectivity index (χ0v) is 22.8. The lowest BCUT2D eigenvalue weighted by Gasteiger charge is -2.40. The molecule has 12 heteroatoms. The van der Waals surface area contributed by atoms with Gasteiger partial charge in [-0.3, -0.25) is 4.68 Å². The largest absolute Gasteiger partial charge is 0.573 e. The number of anilines is 1. The Morgan fingerprint density at radius 1 is 1.10 bits per heavy atom. The number of fused-ring (bicyclic) bond motifs is 3. The van der Waals surface area contributed by atoms with Crippen LogP contribution in [-0.2, 0) is 18.4 Å². The Morgan fingerprint density at radius 2 is 1.83 bits per heavy atom. The standard InChI is InChI=1S/C30H29F3N4O5/c1-36-24-11-10-19(14-22(24)27(34-36)29(38)39)37-17-8-9-18(37)13-20(12-17)40-15-23-26(35-42-28(23)16-6-7-16)21-4-2-3-5-25(21)41-30(31,32)33/h2-5,10-11,14,16-18,20H,6-9,12-13,15H2,1H3,(H,38,39). The molecule has 3 fully saturated rings. The summed E-state index contributed by atoms with van der Waals surface area (Å²) in [6, 6.07) is 12.3. The number of carboxylic acids is 1. The van der Waals surface area contributed by atoms with E-state index in [1.165, 1.54) is 12.1 Å². The van der Waals surface area contributed by atoms with Crippen molar-refractivity contribution in [3.63, 3.8) is 0 Å². The van der Waals surface area contributed by atoms with E-state index >= 15 is 0 Å². The van der Waals surface area contributed by atoms with Crippen molar-refractivity contribution < 1.29 is 37.1 Å². The smallest absolute Gasteiger partial charge is 0.476 e. The molecule has 9 nitrogen and oxygen atoms in total. The van der Waals surface area contributed by atoms with Gasteiger partial charge in [0.15, 0.2) is 5.69 Å². The Bertz CT molecular complexity index is 1650. The van der Waals surface area contributed by atoms with Crippen LogP contribution in [0.1, 0.15) is 66.3 Å². The first-order chi connectivity index (χ1) is 20.2. The molecule has 0 radical (unpaired) electrons. The molecule has 220 valence electrons. The van der Waals surface area contributed by atoms with Crippen molar-refractivity contribution in [2.75, 3.05) is 4.90 Å². The lowest BCUT2D eigenvalue weighted by Crippen LogP contribution is -2.45. The van der Waals surface area contributed by atoms with E-state index in [1.54, 1.807) is 23.9 Å². The molecule has 2 aliphatic heterocycles. The van der Waals surface area contributed by atoms with Crippen molar-refractivity contribution in [1.82, 2.24) is 14.9 Å². The number of carbonyl (C=O) groups is 1. The average molecular weight is 583 g/mol. The SMILES string of the molecule is Cn1nc(C(=O)O)c2cc(N3C4CCC3CC(OCc3c(-c5ccccc5OC(F)(F)F)noc3C3CC3)C4)ccc21. The predicted octanol–water partition coefficient (Wildman–Crippen LogP) is 6.42. The fourth-order valence-corrected chi connectivity index (χ4v) is 6.67. The summed E-state index contributed by atoms with van der Waals surface area (Å²) in [4.78, 5) is 14.1. The lowest BCUT2D eigenvalue weighted by atomic mass is 9.98. The van der Waals surface area contributed by atoms with Gasteiger partial charge < -0.3 is 24.0 Å². The van der Waals surface area contributed by atoms with Gasteiger partial charge in [0.2, 0.25) is 0 Å². The fourth-order valence-electron chi connectivity index (χ4n) is 6.67. The number of benzene rings is 2. The molecule has 1 N–H and O–H groups in total. The maximum atomic E-state index is 13.1. The van der Waals surface area contributed by atoms with Crippen LogP contribution in [0.5, 0.6) is 5.75 Å². The molecule has 3 aliphatic rings. The van der Waals surface area contributed by atoms with E-state index in [9.17, 15) is 23.1 Å². The Morgan fingerprint density at radius 3 is 2.52 bits per heavy atom. The van der Waals surface area contributed by atoms with Crippen LogP contribution < -0.4 is 9.64 Å². The molecular formula is C30H29F3N4O5. The molecule has 7 rings (SSSR count). The Labute approximate surface area is 238 Å². The lowest BCUT2D eigenvalue weighted by molar-refractivity contribution is -0.274. The number of aromatic nitrogens is 3. The molecule has 0 amide bonds. The number of piperidine rings is 1. The van der Waals surface area contributed by atoms with Crippen molar-refractivity contribution in [2.45, 2.75) is 75.6 Å². The predicted molar refractivity (Wildman–Crippen MR) is 145 cm³/mol. The second-order valence-electron chi connectivity index (χ2n) is 11.4. The quantitative estimate of drug-likeness (QED) is 0.254. The zero-order chi connectivity index (χ0) is 29.2. The molecule has 1 saturated carbocycles. The number of nitrogens with zero attached hydrogens (tertiary/aromatic N) is 4. The van der Waals surface area contributed by atoms with Gasteiger partial charge in [0.05, 0.1) is 18.2 Å². The normalized spacial score (nSPS) is 22.2. The van der Waals surface area contributed by atoms with Gasteiger partial charge in [-0.15, -0.1) is 13.2 Å². The van der Waals surface area contributed by atoms with E-state index in [4.69, 9.17) is 9.26 Å². The molecule has 2 aromatic carbocycles. The number of alkyl halides is 3. The topological polar surface area (TPSA) is 103 Å². The molecule has 2 aromatic heterocycles. The van der Waals surface area contributed by atoms with Crippen LogP contribution in [-0.4, -0.2) is 50.6 Å². The van der Waals surface area contributed by atoms with Gasteiger partial charge in [0.25, 0.3) is 0 Å². The van der Waals surface area contributed by atoms with Crippen molar-refractivity contribution in [3.05, 3.63) is 59.5 Å². The first-order valence-corrected chi connectivity index (χ1v) is 14.1. The molecule has 4 heterocycles. The van der Waals surface area contributed by atoms with Crippen molar-refractivity contribution in [1.29, 1.82) is 0 Å². The molecule has 0 spiro atoms. The van der Waals surface area contributed by atoms with Gasteiger partial charge in [-0.05, 0) is 68.9 Å². The van der Waals surface area contributed by atoms with Crippen LogP contribution in [0, 0.1) is 0 Å². The molecule has 2 saturated heterocycles. The summed E-state index contributed by atoms with van der Waals surface area (Å²) >= 11 is 0. The minimum absolute atomic E-state index is 0.0399. The van der Waals surface area contributed by atoms with Crippen molar-refractivity contribution in [2.24, 2.45) is 7.05 Å². The number of ether oxygens (including phenoxy) is 2. The van der Waals surface area contributed by atoms with E-state index < -0.39 is 12.3 Å². The molecule has 2 unspecified atom stereocenters.